The third-order valence-corrected chi connectivity index (χ3v) is 7.52. The second-order valence-corrected chi connectivity index (χ2v) is 10.0. The number of likely N-dealkylation sites (N-methyl/N-ethyl adjacent to an activating group) is 1. The number of hydrogen-bond acceptors (Lipinski definition) is 8. The Morgan fingerprint density at radius 1 is 1.23 bits per heavy atom. The standard InChI is InChI=1S/C26H41N9O3.ClH/c1-19-9-15-33(23(36)8-13-29)17-21(19)32(2)24-20-10-16-34(25(20)31-18-30-24)22(7-3-4-11-27)35(26(37)38)14-6-5-12-28;/h10,16,18-19,21-22H,3-9,11-12,14-15,17,27-28H2,1-2H3,(H,37,38);1H/t19-,21+,22?;/m1./s1. The first kappa shape index (κ1) is 32.1. The van der Waals surface area contributed by atoms with Gasteiger partial charge in [0.25, 0.3) is 0 Å². The molecule has 1 aliphatic heterocycles. The summed E-state index contributed by atoms with van der Waals surface area (Å²) in [6.45, 7) is 4.75. The van der Waals surface area contributed by atoms with Gasteiger partial charge in [-0.15, -0.1) is 12.4 Å². The number of nitriles is 1. The SMILES string of the molecule is C[C@@H]1CCN(C(=O)CC#N)C[C@@H]1N(C)c1ncnc2c1ccn2C(CCCCN)N(CCCCN)C(=O)O.Cl. The fourth-order valence-corrected chi connectivity index (χ4v) is 5.31. The predicted molar refractivity (Wildman–Crippen MR) is 153 cm³/mol. The number of anilines is 1. The Bertz CT molecular complexity index is 1120. The lowest BCUT2D eigenvalue weighted by Crippen LogP contribution is -2.52. The number of nitrogens with zero attached hydrogens (tertiary/aromatic N) is 7. The number of aromatic nitrogens is 3. The molecule has 1 saturated heterocycles. The van der Waals surface area contributed by atoms with E-state index in [0.29, 0.717) is 57.1 Å². The second-order valence-electron chi connectivity index (χ2n) is 10.0. The molecular weight excluding hydrogens is 522 g/mol. The molecule has 12 nitrogen and oxygen atoms in total. The van der Waals surface area contributed by atoms with Crippen LogP contribution in [0.1, 0.15) is 58.0 Å². The first-order valence-electron chi connectivity index (χ1n) is 13.4. The van der Waals surface area contributed by atoms with Crippen LogP contribution in [0.5, 0.6) is 0 Å². The minimum atomic E-state index is -0.980. The highest BCUT2D eigenvalue weighted by Gasteiger charge is 2.33. The van der Waals surface area contributed by atoms with Crippen molar-refractivity contribution in [3.8, 4) is 6.07 Å². The molecule has 2 aromatic heterocycles. The number of nitrogens with two attached hydrogens (primary N) is 2. The normalized spacial score (nSPS) is 17.8. The highest BCUT2D eigenvalue weighted by atomic mass is 35.5. The van der Waals surface area contributed by atoms with Crippen molar-refractivity contribution in [2.45, 2.75) is 64.1 Å². The number of carboxylic acid groups (broad SMARTS) is 1. The Hall–Kier alpha value is -3.14. The molecule has 2 amide bonds. The van der Waals surface area contributed by atoms with Gasteiger partial charge in [0.1, 0.15) is 30.4 Å². The molecule has 3 atom stereocenters. The number of hydrogen-bond donors (Lipinski definition) is 3. The van der Waals surface area contributed by atoms with Crippen LogP contribution in [0.4, 0.5) is 10.6 Å². The number of carbonyl (C=O) groups excluding carboxylic acids is 1. The molecule has 1 fully saturated rings. The summed E-state index contributed by atoms with van der Waals surface area (Å²) in [5.74, 6) is 0.888. The first-order chi connectivity index (χ1) is 18.3. The summed E-state index contributed by atoms with van der Waals surface area (Å²) >= 11 is 0. The van der Waals surface area contributed by atoms with E-state index in [-0.39, 0.29) is 30.8 Å². The average molecular weight is 564 g/mol. The van der Waals surface area contributed by atoms with Crippen LogP contribution in [-0.2, 0) is 4.79 Å². The van der Waals surface area contributed by atoms with Crippen LogP contribution in [0.25, 0.3) is 11.0 Å². The van der Waals surface area contributed by atoms with E-state index in [9.17, 15) is 14.7 Å². The molecule has 0 aliphatic carbocycles. The highest BCUT2D eigenvalue weighted by molar-refractivity contribution is 5.88. The smallest absolute Gasteiger partial charge is 0.408 e. The molecule has 3 rings (SSSR count). The molecular formula is C26H42ClN9O3. The number of unbranched alkanes of at least 4 members (excludes halogenated alkanes) is 2. The van der Waals surface area contributed by atoms with Crippen LogP contribution in [-0.4, -0.2) is 87.3 Å². The van der Waals surface area contributed by atoms with Crippen LogP contribution in [0, 0.1) is 17.2 Å². The minimum Gasteiger partial charge on any atom is -0.465 e. The lowest BCUT2D eigenvalue weighted by Gasteiger charge is -2.42. The molecule has 39 heavy (non-hydrogen) atoms. The lowest BCUT2D eigenvalue weighted by molar-refractivity contribution is -0.131. The number of halogens is 1. The van der Waals surface area contributed by atoms with Gasteiger partial charge in [0.05, 0.1) is 17.5 Å². The van der Waals surface area contributed by atoms with Crippen LogP contribution in [0.3, 0.4) is 0 Å². The zero-order chi connectivity index (χ0) is 27.7. The molecule has 0 radical (unpaired) electrons. The summed E-state index contributed by atoms with van der Waals surface area (Å²) in [7, 11) is 1.97. The Kier molecular flexibility index (Phi) is 12.7. The Morgan fingerprint density at radius 2 is 1.95 bits per heavy atom. The molecule has 216 valence electrons. The quantitative estimate of drug-likeness (QED) is 0.310. The van der Waals surface area contributed by atoms with E-state index in [2.05, 4.69) is 21.8 Å². The molecule has 3 heterocycles. The van der Waals surface area contributed by atoms with Crippen molar-refractivity contribution in [1.82, 2.24) is 24.3 Å². The van der Waals surface area contributed by atoms with Gasteiger partial charge in [0, 0.05) is 32.9 Å². The van der Waals surface area contributed by atoms with E-state index in [4.69, 9.17) is 16.7 Å². The summed E-state index contributed by atoms with van der Waals surface area (Å²) in [6, 6.07) is 3.90. The number of amides is 2. The summed E-state index contributed by atoms with van der Waals surface area (Å²) in [5, 5.41) is 19.9. The van der Waals surface area contributed by atoms with Gasteiger partial charge in [-0.1, -0.05) is 6.92 Å². The van der Waals surface area contributed by atoms with Gasteiger partial charge in [-0.25, -0.2) is 14.8 Å². The molecule has 1 aliphatic rings. The third-order valence-electron chi connectivity index (χ3n) is 7.52. The maximum absolute atomic E-state index is 12.4. The molecule has 0 aromatic carbocycles. The van der Waals surface area contributed by atoms with E-state index in [1.54, 1.807) is 4.90 Å². The monoisotopic (exact) mass is 563 g/mol. The van der Waals surface area contributed by atoms with Crippen molar-refractivity contribution in [2.24, 2.45) is 17.4 Å². The van der Waals surface area contributed by atoms with E-state index >= 15 is 0 Å². The number of fused-ring (bicyclic) bond motifs is 1. The molecule has 13 heteroatoms. The fraction of sp³-hybridized carbons (Fsp3) is 0.654. The van der Waals surface area contributed by atoms with Crippen molar-refractivity contribution in [2.75, 3.05) is 44.7 Å². The van der Waals surface area contributed by atoms with Gasteiger partial charge >= 0.3 is 6.09 Å². The number of piperidine rings is 1. The zero-order valence-electron chi connectivity index (χ0n) is 22.9. The first-order valence-corrected chi connectivity index (χ1v) is 13.4. The molecule has 1 unspecified atom stereocenters. The predicted octanol–water partition coefficient (Wildman–Crippen LogP) is 2.79. The van der Waals surface area contributed by atoms with Crippen LogP contribution >= 0.6 is 12.4 Å². The summed E-state index contributed by atoms with van der Waals surface area (Å²) < 4.78 is 1.93. The second kappa shape index (κ2) is 15.5. The molecule has 0 spiro atoms. The van der Waals surface area contributed by atoms with Crippen molar-refractivity contribution in [1.29, 1.82) is 5.26 Å². The van der Waals surface area contributed by atoms with Gasteiger partial charge in [0.2, 0.25) is 5.91 Å². The van der Waals surface area contributed by atoms with E-state index in [1.165, 1.54) is 11.2 Å². The third kappa shape index (κ3) is 7.71. The maximum atomic E-state index is 12.4. The van der Waals surface area contributed by atoms with Gasteiger partial charge in [-0.2, -0.15) is 5.26 Å². The Balaban J connectivity index is 0.00000533. The van der Waals surface area contributed by atoms with Crippen molar-refractivity contribution in [3.63, 3.8) is 0 Å². The summed E-state index contributed by atoms with van der Waals surface area (Å²) in [4.78, 5) is 39.2. The molecule has 2 aromatic rings. The average Bonchev–Trinajstić information content (AvgIpc) is 3.34. The Morgan fingerprint density at radius 3 is 2.62 bits per heavy atom. The maximum Gasteiger partial charge on any atom is 0.408 e. The number of carbonyl (C=O) groups is 2. The molecule has 0 bridgehead atoms. The minimum absolute atomic E-state index is 0. The zero-order valence-corrected chi connectivity index (χ0v) is 23.7. The summed E-state index contributed by atoms with van der Waals surface area (Å²) in [5.41, 5.74) is 12.0. The van der Waals surface area contributed by atoms with E-state index < -0.39 is 12.3 Å². The number of likely N-dealkylation sites (tertiary alicyclic amines) is 1. The Labute approximate surface area is 236 Å². The largest absolute Gasteiger partial charge is 0.465 e. The van der Waals surface area contributed by atoms with Gasteiger partial charge in [-0.05, 0) is 63.6 Å². The van der Waals surface area contributed by atoms with E-state index in [0.717, 1.165) is 36.9 Å². The van der Waals surface area contributed by atoms with Crippen molar-refractivity contribution in [3.05, 3.63) is 18.6 Å². The van der Waals surface area contributed by atoms with Crippen LogP contribution in [0.15, 0.2) is 18.6 Å². The van der Waals surface area contributed by atoms with Gasteiger partial charge in [0.15, 0.2) is 0 Å². The summed E-state index contributed by atoms with van der Waals surface area (Å²) in [6.07, 6.45) is 6.31. The van der Waals surface area contributed by atoms with Gasteiger partial charge in [-0.3, -0.25) is 9.69 Å². The molecule has 5 N–H and O–H groups in total. The molecule has 0 saturated carbocycles. The lowest BCUT2D eigenvalue weighted by atomic mass is 9.92. The van der Waals surface area contributed by atoms with Gasteiger partial charge < -0.3 is 30.9 Å². The van der Waals surface area contributed by atoms with Crippen molar-refractivity contribution < 1.29 is 14.7 Å². The van der Waals surface area contributed by atoms with E-state index in [1.807, 2.05) is 29.9 Å². The highest BCUT2D eigenvalue weighted by Crippen LogP contribution is 2.32. The van der Waals surface area contributed by atoms with Crippen LogP contribution in [0.2, 0.25) is 0 Å². The van der Waals surface area contributed by atoms with Crippen LogP contribution < -0.4 is 16.4 Å². The van der Waals surface area contributed by atoms with Crippen molar-refractivity contribution >= 4 is 41.3 Å². The number of rotatable bonds is 13. The topological polar surface area (TPSA) is 171 Å². The fourth-order valence-electron chi connectivity index (χ4n) is 5.31.